The second-order valence-corrected chi connectivity index (χ2v) is 5.43. The van der Waals surface area contributed by atoms with Crippen LogP contribution in [0.1, 0.15) is 34.7 Å². The zero-order valence-corrected chi connectivity index (χ0v) is 13.4. The number of carbonyl (C=O) groups excluding carboxylic acids is 1. The van der Waals surface area contributed by atoms with E-state index in [0.717, 1.165) is 16.9 Å². The predicted octanol–water partition coefficient (Wildman–Crippen LogP) is 1.76. The van der Waals surface area contributed by atoms with Gasteiger partial charge in [0.05, 0.1) is 17.9 Å². The SMILES string of the molecule is Cc1c([C@H](C)NC(=O)c2ccc(=O)[nH]n2)cnn1-c1ccccc1. The number of aromatic amines is 1. The molecule has 122 valence electrons. The number of hydrogen-bond donors (Lipinski definition) is 2. The van der Waals surface area contributed by atoms with E-state index in [0.29, 0.717) is 0 Å². The molecule has 0 spiro atoms. The number of amides is 1. The third-order valence-corrected chi connectivity index (χ3v) is 3.77. The van der Waals surface area contributed by atoms with Gasteiger partial charge in [0.15, 0.2) is 0 Å². The van der Waals surface area contributed by atoms with Crippen molar-refractivity contribution in [2.24, 2.45) is 0 Å². The molecule has 0 bridgehead atoms. The van der Waals surface area contributed by atoms with Gasteiger partial charge in [-0.25, -0.2) is 9.78 Å². The summed E-state index contributed by atoms with van der Waals surface area (Å²) in [6.07, 6.45) is 1.74. The van der Waals surface area contributed by atoms with Crippen molar-refractivity contribution in [1.29, 1.82) is 0 Å². The molecule has 1 amide bonds. The average Bonchev–Trinajstić information content (AvgIpc) is 2.98. The minimum Gasteiger partial charge on any atom is -0.344 e. The van der Waals surface area contributed by atoms with Gasteiger partial charge in [-0.15, -0.1) is 0 Å². The molecule has 2 N–H and O–H groups in total. The Balaban J connectivity index is 1.79. The van der Waals surface area contributed by atoms with Crippen molar-refractivity contribution in [2.45, 2.75) is 19.9 Å². The smallest absolute Gasteiger partial charge is 0.272 e. The molecule has 1 aromatic carbocycles. The summed E-state index contributed by atoms with van der Waals surface area (Å²) in [5.74, 6) is -0.356. The van der Waals surface area contributed by atoms with E-state index in [2.05, 4.69) is 20.6 Å². The van der Waals surface area contributed by atoms with Crippen molar-refractivity contribution in [3.8, 4) is 5.69 Å². The van der Waals surface area contributed by atoms with E-state index in [-0.39, 0.29) is 23.2 Å². The lowest BCUT2D eigenvalue weighted by Crippen LogP contribution is -2.28. The summed E-state index contributed by atoms with van der Waals surface area (Å²) in [5, 5.41) is 13.2. The topological polar surface area (TPSA) is 92.7 Å². The number of H-pyrrole nitrogens is 1. The van der Waals surface area contributed by atoms with E-state index in [1.165, 1.54) is 12.1 Å². The molecule has 7 nitrogen and oxygen atoms in total. The molecule has 3 aromatic rings. The fourth-order valence-electron chi connectivity index (χ4n) is 2.50. The largest absolute Gasteiger partial charge is 0.344 e. The maximum Gasteiger partial charge on any atom is 0.272 e. The first kappa shape index (κ1) is 15.7. The van der Waals surface area contributed by atoms with E-state index >= 15 is 0 Å². The molecular formula is C17H17N5O2. The van der Waals surface area contributed by atoms with Crippen LogP contribution in [0.3, 0.4) is 0 Å². The van der Waals surface area contributed by atoms with Crippen molar-refractivity contribution in [3.05, 3.63) is 76.0 Å². The minimum absolute atomic E-state index is 0.162. The van der Waals surface area contributed by atoms with Gasteiger partial charge >= 0.3 is 0 Å². The zero-order chi connectivity index (χ0) is 17.1. The Morgan fingerprint density at radius 3 is 2.62 bits per heavy atom. The summed E-state index contributed by atoms with van der Waals surface area (Å²) in [4.78, 5) is 23.2. The molecule has 0 fully saturated rings. The summed E-state index contributed by atoms with van der Waals surface area (Å²) < 4.78 is 1.83. The number of aromatic nitrogens is 4. The molecule has 0 saturated heterocycles. The van der Waals surface area contributed by atoms with Crippen LogP contribution >= 0.6 is 0 Å². The van der Waals surface area contributed by atoms with Crippen molar-refractivity contribution in [2.75, 3.05) is 0 Å². The number of para-hydroxylation sites is 1. The number of nitrogens with zero attached hydrogens (tertiary/aromatic N) is 3. The molecule has 0 saturated carbocycles. The van der Waals surface area contributed by atoms with E-state index in [1.807, 2.05) is 48.9 Å². The molecule has 0 aliphatic rings. The second kappa shape index (κ2) is 6.49. The third kappa shape index (κ3) is 3.10. The van der Waals surface area contributed by atoms with E-state index < -0.39 is 0 Å². The molecule has 3 rings (SSSR count). The molecule has 2 heterocycles. The monoisotopic (exact) mass is 323 g/mol. The highest BCUT2D eigenvalue weighted by Crippen LogP contribution is 2.20. The van der Waals surface area contributed by atoms with E-state index in [9.17, 15) is 9.59 Å². The lowest BCUT2D eigenvalue weighted by Gasteiger charge is -2.13. The average molecular weight is 323 g/mol. The molecule has 0 radical (unpaired) electrons. The van der Waals surface area contributed by atoms with Crippen LogP contribution in [0.5, 0.6) is 0 Å². The first-order valence-corrected chi connectivity index (χ1v) is 7.53. The van der Waals surface area contributed by atoms with Crippen LogP contribution in [-0.4, -0.2) is 25.9 Å². The molecule has 7 heteroatoms. The molecule has 1 atom stereocenters. The molecule has 2 aromatic heterocycles. The Labute approximate surface area is 138 Å². The number of hydrogen-bond acceptors (Lipinski definition) is 4. The standard InChI is InChI=1S/C17H17N5O2/c1-11(19-17(24)15-8-9-16(23)21-20-15)14-10-18-22(12(14)2)13-6-4-3-5-7-13/h3-11H,1-2H3,(H,19,24)(H,21,23)/t11-/m0/s1. The Morgan fingerprint density at radius 2 is 1.96 bits per heavy atom. The Hall–Kier alpha value is -3.22. The highest BCUT2D eigenvalue weighted by atomic mass is 16.2. The first-order valence-electron chi connectivity index (χ1n) is 7.53. The predicted molar refractivity (Wildman–Crippen MR) is 89.0 cm³/mol. The van der Waals surface area contributed by atoms with Crippen molar-refractivity contribution < 1.29 is 4.79 Å². The van der Waals surface area contributed by atoms with Gasteiger partial charge in [0, 0.05) is 17.3 Å². The van der Waals surface area contributed by atoms with E-state index in [4.69, 9.17) is 0 Å². The van der Waals surface area contributed by atoms with Crippen LogP contribution in [0, 0.1) is 6.92 Å². The van der Waals surface area contributed by atoms with Crippen molar-refractivity contribution in [1.82, 2.24) is 25.3 Å². The van der Waals surface area contributed by atoms with Gasteiger partial charge in [-0.05, 0) is 32.0 Å². The summed E-state index contributed by atoms with van der Waals surface area (Å²) in [7, 11) is 0. The number of rotatable bonds is 4. The Morgan fingerprint density at radius 1 is 1.21 bits per heavy atom. The van der Waals surface area contributed by atoms with Crippen LogP contribution < -0.4 is 10.9 Å². The molecule has 0 aliphatic heterocycles. The Bertz CT molecular complexity index is 894. The lowest BCUT2D eigenvalue weighted by atomic mass is 10.1. The van der Waals surface area contributed by atoms with Crippen LogP contribution in [-0.2, 0) is 0 Å². The number of nitrogens with one attached hydrogen (secondary N) is 2. The van der Waals surface area contributed by atoms with Crippen molar-refractivity contribution in [3.63, 3.8) is 0 Å². The van der Waals surface area contributed by atoms with Gasteiger partial charge in [0.1, 0.15) is 5.69 Å². The summed E-state index contributed by atoms with van der Waals surface area (Å²) >= 11 is 0. The number of carbonyl (C=O) groups is 1. The summed E-state index contributed by atoms with van der Waals surface area (Å²) in [6.45, 7) is 3.83. The van der Waals surface area contributed by atoms with Crippen LogP contribution in [0.25, 0.3) is 5.69 Å². The molecule has 0 aliphatic carbocycles. The maximum absolute atomic E-state index is 12.2. The second-order valence-electron chi connectivity index (χ2n) is 5.43. The number of benzene rings is 1. The van der Waals surface area contributed by atoms with Gasteiger partial charge in [0.2, 0.25) is 0 Å². The summed E-state index contributed by atoms with van der Waals surface area (Å²) in [5.41, 5.74) is 2.64. The lowest BCUT2D eigenvalue weighted by molar-refractivity contribution is 0.0933. The quantitative estimate of drug-likeness (QED) is 0.765. The van der Waals surface area contributed by atoms with Crippen LogP contribution in [0.4, 0.5) is 0 Å². The fourth-order valence-corrected chi connectivity index (χ4v) is 2.50. The molecular weight excluding hydrogens is 306 g/mol. The summed E-state index contributed by atoms with van der Waals surface area (Å²) in [6, 6.07) is 12.2. The van der Waals surface area contributed by atoms with Gasteiger partial charge in [0.25, 0.3) is 11.5 Å². The van der Waals surface area contributed by atoms with Crippen LogP contribution in [0.15, 0.2) is 53.5 Å². The van der Waals surface area contributed by atoms with Crippen molar-refractivity contribution >= 4 is 5.91 Å². The van der Waals surface area contributed by atoms with Gasteiger partial charge in [-0.2, -0.15) is 10.2 Å². The first-order chi connectivity index (χ1) is 11.6. The zero-order valence-electron chi connectivity index (χ0n) is 13.4. The highest BCUT2D eigenvalue weighted by molar-refractivity contribution is 5.92. The molecule has 24 heavy (non-hydrogen) atoms. The normalized spacial score (nSPS) is 11.9. The fraction of sp³-hybridized carbons (Fsp3) is 0.176. The van der Waals surface area contributed by atoms with Gasteiger partial charge in [-0.3, -0.25) is 9.59 Å². The minimum atomic E-state index is -0.356. The third-order valence-electron chi connectivity index (χ3n) is 3.77. The van der Waals surface area contributed by atoms with Gasteiger partial charge in [-0.1, -0.05) is 18.2 Å². The van der Waals surface area contributed by atoms with E-state index in [1.54, 1.807) is 6.20 Å². The maximum atomic E-state index is 12.2. The van der Waals surface area contributed by atoms with Gasteiger partial charge < -0.3 is 5.32 Å². The molecule has 0 unspecified atom stereocenters. The highest BCUT2D eigenvalue weighted by Gasteiger charge is 2.17. The Kier molecular flexibility index (Phi) is 4.24. The van der Waals surface area contributed by atoms with Crippen LogP contribution in [0.2, 0.25) is 0 Å².